The van der Waals surface area contributed by atoms with Crippen molar-refractivity contribution in [2.24, 2.45) is 0 Å². The van der Waals surface area contributed by atoms with Gasteiger partial charge in [0, 0.05) is 22.8 Å². The number of carbonyl (C=O) groups excluding carboxylic acids is 1. The van der Waals surface area contributed by atoms with Crippen LogP contribution in [0.5, 0.6) is 5.75 Å². The molecule has 1 aromatic carbocycles. The number of carbonyl (C=O) groups is 1. The molecule has 0 saturated carbocycles. The van der Waals surface area contributed by atoms with Gasteiger partial charge in [-0.3, -0.25) is 4.79 Å². The number of benzene rings is 1. The Morgan fingerprint density at radius 1 is 1.38 bits per heavy atom. The van der Waals surface area contributed by atoms with Gasteiger partial charge in [0.2, 0.25) is 0 Å². The van der Waals surface area contributed by atoms with Crippen LogP contribution in [0.2, 0.25) is 0 Å². The first-order valence-electron chi connectivity index (χ1n) is 6.28. The molecule has 0 fully saturated rings. The van der Waals surface area contributed by atoms with Gasteiger partial charge in [-0.1, -0.05) is 0 Å². The number of hydrogen-bond donors (Lipinski definition) is 1. The van der Waals surface area contributed by atoms with Crippen LogP contribution in [0.25, 0.3) is 0 Å². The van der Waals surface area contributed by atoms with E-state index < -0.39 is 15.0 Å². The smallest absolute Gasteiger partial charge is 0.265 e. The van der Waals surface area contributed by atoms with Gasteiger partial charge in [-0.2, -0.15) is 0 Å². The summed E-state index contributed by atoms with van der Waals surface area (Å²) in [5.41, 5.74) is 0.180. The van der Waals surface area contributed by atoms with Gasteiger partial charge < -0.3 is 14.8 Å². The van der Waals surface area contributed by atoms with Gasteiger partial charge in [0.1, 0.15) is 10.6 Å². The van der Waals surface area contributed by atoms with E-state index in [0.29, 0.717) is 13.2 Å². The predicted molar refractivity (Wildman–Crippen MR) is 79.5 cm³/mol. The van der Waals surface area contributed by atoms with Crippen molar-refractivity contribution < 1.29 is 22.7 Å². The molecule has 0 aliphatic carbocycles. The molecule has 0 aliphatic rings. The van der Waals surface area contributed by atoms with Crippen molar-refractivity contribution in [3.8, 4) is 5.75 Å². The van der Waals surface area contributed by atoms with E-state index in [-0.39, 0.29) is 22.3 Å². The summed E-state index contributed by atoms with van der Waals surface area (Å²) in [7, 11) is 2.65. The first-order chi connectivity index (χ1) is 9.75. The standard InChI is InChI=1S/C13H18ClNO5S/c1-9(2)20-7-6-15-13(16)10-4-5-11(19-3)12(8-10)21(14,17)18/h4-5,8-9H,6-7H2,1-3H3,(H,15,16). The molecule has 0 saturated heterocycles. The maximum atomic E-state index is 11.9. The summed E-state index contributed by atoms with van der Waals surface area (Å²) in [4.78, 5) is 11.7. The van der Waals surface area contributed by atoms with E-state index in [4.69, 9.17) is 20.2 Å². The van der Waals surface area contributed by atoms with Crippen molar-refractivity contribution in [2.45, 2.75) is 24.8 Å². The van der Waals surface area contributed by atoms with E-state index in [2.05, 4.69) is 5.32 Å². The monoisotopic (exact) mass is 335 g/mol. The zero-order valence-corrected chi connectivity index (χ0v) is 13.6. The second kappa shape index (κ2) is 7.63. The normalized spacial score (nSPS) is 11.5. The third-order valence-electron chi connectivity index (χ3n) is 2.53. The molecule has 0 aliphatic heterocycles. The molecule has 0 unspecified atom stereocenters. The summed E-state index contributed by atoms with van der Waals surface area (Å²) in [5, 5.41) is 2.63. The SMILES string of the molecule is COc1ccc(C(=O)NCCOC(C)C)cc1S(=O)(=O)Cl. The molecule has 8 heteroatoms. The van der Waals surface area contributed by atoms with Gasteiger partial charge in [0.25, 0.3) is 15.0 Å². The molecule has 6 nitrogen and oxygen atoms in total. The number of rotatable bonds is 7. The Balaban J connectivity index is 2.82. The average molecular weight is 336 g/mol. The molecule has 0 radical (unpaired) electrons. The minimum absolute atomic E-state index is 0.0795. The highest BCUT2D eigenvalue weighted by Crippen LogP contribution is 2.27. The lowest BCUT2D eigenvalue weighted by atomic mass is 10.2. The first kappa shape index (κ1) is 17.7. The number of ether oxygens (including phenoxy) is 2. The molecule has 1 rings (SSSR count). The van der Waals surface area contributed by atoms with Crippen LogP contribution < -0.4 is 10.1 Å². The molecule has 0 aromatic heterocycles. The summed E-state index contributed by atoms with van der Waals surface area (Å²) in [5.74, 6) is -0.323. The Labute approximate surface area is 128 Å². The van der Waals surface area contributed by atoms with E-state index >= 15 is 0 Å². The van der Waals surface area contributed by atoms with Gasteiger partial charge in [-0.15, -0.1) is 0 Å². The fourth-order valence-electron chi connectivity index (χ4n) is 1.57. The van der Waals surface area contributed by atoms with Crippen LogP contribution in [-0.2, 0) is 13.8 Å². The Kier molecular flexibility index (Phi) is 6.44. The van der Waals surface area contributed by atoms with Crippen molar-refractivity contribution >= 4 is 25.6 Å². The van der Waals surface area contributed by atoms with Gasteiger partial charge in [0.15, 0.2) is 0 Å². The van der Waals surface area contributed by atoms with Crippen molar-refractivity contribution in [2.75, 3.05) is 20.3 Å². The number of hydrogen-bond acceptors (Lipinski definition) is 5. The van der Waals surface area contributed by atoms with E-state index in [1.54, 1.807) is 0 Å². The third-order valence-corrected chi connectivity index (χ3v) is 3.87. The second-order valence-corrected chi connectivity index (χ2v) is 7.01. The highest BCUT2D eigenvalue weighted by atomic mass is 35.7. The Morgan fingerprint density at radius 3 is 2.57 bits per heavy atom. The quantitative estimate of drug-likeness (QED) is 0.606. The summed E-state index contributed by atoms with van der Waals surface area (Å²) in [6.07, 6.45) is 0.0795. The maximum Gasteiger partial charge on any atom is 0.265 e. The molecule has 21 heavy (non-hydrogen) atoms. The molecule has 0 atom stereocenters. The highest BCUT2D eigenvalue weighted by molar-refractivity contribution is 8.13. The largest absolute Gasteiger partial charge is 0.495 e. The van der Waals surface area contributed by atoms with Gasteiger partial charge in [-0.25, -0.2) is 8.42 Å². The Hall–Kier alpha value is -1.31. The molecule has 118 valence electrons. The number of methoxy groups -OCH3 is 1. The first-order valence-corrected chi connectivity index (χ1v) is 8.59. The lowest BCUT2D eigenvalue weighted by Gasteiger charge is -2.10. The van der Waals surface area contributed by atoms with Crippen LogP contribution in [0.15, 0.2) is 23.1 Å². The molecule has 1 N–H and O–H groups in total. The van der Waals surface area contributed by atoms with Crippen LogP contribution in [0.4, 0.5) is 0 Å². The van der Waals surface area contributed by atoms with Gasteiger partial charge in [0.05, 0.1) is 19.8 Å². The zero-order valence-electron chi connectivity index (χ0n) is 12.1. The molecule has 0 heterocycles. The molecule has 1 aromatic rings. The van der Waals surface area contributed by atoms with E-state index in [1.807, 2.05) is 13.8 Å². The average Bonchev–Trinajstić information content (AvgIpc) is 2.41. The lowest BCUT2D eigenvalue weighted by Crippen LogP contribution is -2.28. The molecule has 1 amide bonds. The van der Waals surface area contributed by atoms with Crippen molar-refractivity contribution in [3.05, 3.63) is 23.8 Å². The number of nitrogens with one attached hydrogen (secondary N) is 1. The highest BCUT2D eigenvalue weighted by Gasteiger charge is 2.19. The van der Waals surface area contributed by atoms with Crippen LogP contribution >= 0.6 is 10.7 Å². The number of halogens is 1. The van der Waals surface area contributed by atoms with Crippen molar-refractivity contribution in [3.63, 3.8) is 0 Å². The van der Waals surface area contributed by atoms with Crippen molar-refractivity contribution in [1.82, 2.24) is 5.32 Å². The molecular formula is C13H18ClNO5S. The summed E-state index contributed by atoms with van der Waals surface area (Å²) in [6.45, 7) is 4.48. The van der Waals surface area contributed by atoms with Crippen LogP contribution in [0.1, 0.15) is 24.2 Å². The minimum Gasteiger partial charge on any atom is -0.495 e. The fourth-order valence-corrected chi connectivity index (χ4v) is 2.59. The van der Waals surface area contributed by atoms with Gasteiger partial charge >= 0.3 is 0 Å². The van der Waals surface area contributed by atoms with Crippen LogP contribution in [-0.4, -0.2) is 40.7 Å². The molecule has 0 bridgehead atoms. The van der Waals surface area contributed by atoms with Gasteiger partial charge in [-0.05, 0) is 32.0 Å². The van der Waals surface area contributed by atoms with Crippen molar-refractivity contribution in [1.29, 1.82) is 0 Å². The van der Waals surface area contributed by atoms with Crippen LogP contribution in [0.3, 0.4) is 0 Å². The Morgan fingerprint density at radius 2 is 2.05 bits per heavy atom. The maximum absolute atomic E-state index is 11.9. The lowest BCUT2D eigenvalue weighted by molar-refractivity contribution is 0.0746. The second-order valence-electron chi connectivity index (χ2n) is 4.48. The molecular weight excluding hydrogens is 318 g/mol. The molecule has 0 spiro atoms. The Bertz CT molecular complexity index is 601. The van der Waals surface area contributed by atoms with Crippen LogP contribution in [0, 0.1) is 0 Å². The minimum atomic E-state index is -4.00. The summed E-state index contributed by atoms with van der Waals surface area (Å²) < 4.78 is 33.1. The number of amides is 1. The zero-order chi connectivity index (χ0) is 16.0. The summed E-state index contributed by atoms with van der Waals surface area (Å²) in [6, 6.07) is 4.03. The topological polar surface area (TPSA) is 81.7 Å². The third kappa shape index (κ3) is 5.53. The predicted octanol–water partition coefficient (Wildman–Crippen LogP) is 1.78. The van der Waals surface area contributed by atoms with E-state index in [9.17, 15) is 13.2 Å². The fraction of sp³-hybridized carbons (Fsp3) is 0.462. The van der Waals surface area contributed by atoms with E-state index in [1.165, 1.54) is 25.3 Å². The van der Waals surface area contributed by atoms with E-state index in [0.717, 1.165) is 0 Å². The summed E-state index contributed by atoms with van der Waals surface area (Å²) >= 11 is 0.